The summed E-state index contributed by atoms with van der Waals surface area (Å²) in [5.41, 5.74) is 5.73. The number of piperidine rings is 1. The zero-order valence-electron chi connectivity index (χ0n) is 25.9. The van der Waals surface area contributed by atoms with Gasteiger partial charge in [-0.25, -0.2) is 0 Å². The van der Waals surface area contributed by atoms with Gasteiger partial charge >= 0.3 is 5.97 Å². The number of likely N-dealkylation sites (tertiary alicyclic amines) is 1. The van der Waals surface area contributed by atoms with E-state index in [9.17, 15) is 14.7 Å². The molecule has 10 heteroatoms. The molecule has 3 saturated heterocycles. The van der Waals surface area contributed by atoms with Crippen molar-refractivity contribution in [2.45, 2.75) is 69.5 Å². The number of aliphatic hydroxyl groups is 1. The van der Waals surface area contributed by atoms with Crippen molar-refractivity contribution in [1.29, 1.82) is 0 Å². The van der Waals surface area contributed by atoms with Gasteiger partial charge in [-0.15, -0.1) is 0 Å². The van der Waals surface area contributed by atoms with Gasteiger partial charge in [-0.2, -0.15) is 0 Å². The number of amides is 1. The third-order valence-electron chi connectivity index (χ3n) is 9.06. The van der Waals surface area contributed by atoms with Crippen molar-refractivity contribution in [3.63, 3.8) is 0 Å². The maximum Gasteiger partial charge on any atom is 0.303 e. The summed E-state index contributed by atoms with van der Waals surface area (Å²) in [5.74, 6) is -1.70. The summed E-state index contributed by atoms with van der Waals surface area (Å²) in [4.78, 5) is 25.4. The molecule has 0 saturated carbocycles. The highest BCUT2D eigenvalue weighted by molar-refractivity contribution is 5.80. The van der Waals surface area contributed by atoms with Gasteiger partial charge in [-0.05, 0) is 27.8 Å². The van der Waals surface area contributed by atoms with Gasteiger partial charge in [-0.3, -0.25) is 9.59 Å². The Balaban J connectivity index is 1.15. The Hall–Kier alpha value is -3.64. The summed E-state index contributed by atoms with van der Waals surface area (Å²) >= 11 is 0. The number of rotatable bonds is 11. The Morgan fingerprint density at radius 3 is 2.26 bits per heavy atom. The van der Waals surface area contributed by atoms with Crippen LogP contribution in [0, 0.1) is 0 Å². The van der Waals surface area contributed by atoms with Crippen LogP contribution in [0.15, 0.2) is 72.8 Å². The molecular weight excluding hydrogens is 588 g/mol. The lowest BCUT2D eigenvalue weighted by molar-refractivity contribution is -0.255. The van der Waals surface area contributed by atoms with Gasteiger partial charge in [0, 0.05) is 57.4 Å². The van der Waals surface area contributed by atoms with Crippen LogP contribution >= 0.6 is 0 Å². The van der Waals surface area contributed by atoms with Crippen LogP contribution in [0.25, 0.3) is 11.1 Å². The van der Waals surface area contributed by atoms with Gasteiger partial charge in [0.1, 0.15) is 0 Å². The smallest absolute Gasteiger partial charge is 0.303 e. The Kier molecular flexibility index (Phi) is 10.4. The van der Waals surface area contributed by atoms with E-state index < -0.39 is 18.0 Å². The minimum atomic E-state index is -0.993. The molecule has 1 amide bonds. The van der Waals surface area contributed by atoms with Gasteiger partial charge in [0.2, 0.25) is 5.91 Å². The second-order valence-corrected chi connectivity index (χ2v) is 12.2. The van der Waals surface area contributed by atoms with Crippen molar-refractivity contribution in [3.8, 4) is 11.1 Å². The van der Waals surface area contributed by atoms with E-state index in [4.69, 9.17) is 24.1 Å². The SMILES string of the molecule is O=C(O)CCC(=O)NCc1ccccc1-c1ccc(C2OC(CN3CCC4(CC3)OCCO4)CC(c3ccc(CO)cc3)O2)cc1. The summed E-state index contributed by atoms with van der Waals surface area (Å²) in [6.45, 7) is 4.18. The monoisotopic (exact) mass is 630 g/mol. The largest absolute Gasteiger partial charge is 0.481 e. The lowest BCUT2D eigenvalue weighted by Gasteiger charge is -2.41. The lowest BCUT2D eigenvalue weighted by atomic mass is 9.97. The molecule has 46 heavy (non-hydrogen) atoms. The summed E-state index contributed by atoms with van der Waals surface area (Å²) < 4.78 is 25.0. The first-order valence-electron chi connectivity index (χ1n) is 16.1. The minimum absolute atomic E-state index is 0.00336. The van der Waals surface area contributed by atoms with Gasteiger partial charge in [0.05, 0.1) is 38.4 Å². The van der Waals surface area contributed by atoms with Gasteiger partial charge < -0.3 is 39.4 Å². The summed E-state index contributed by atoms with van der Waals surface area (Å²) in [6.07, 6.45) is 1.39. The third-order valence-corrected chi connectivity index (χ3v) is 9.06. The highest BCUT2D eigenvalue weighted by Gasteiger charge is 2.41. The van der Waals surface area contributed by atoms with Crippen molar-refractivity contribution in [2.24, 2.45) is 0 Å². The molecule has 3 N–H and O–H groups in total. The molecule has 3 aliphatic rings. The van der Waals surface area contributed by atoms with Crippen LogP contribution in [0.5, 0.6) is 0 Å². The number of hydrogen-bond donors (Lipinski definition) is 3. The number of ether oxygens (including phenoxy) is 4. The standard InChI is InChI=1S/C36H42N2O8/c39-24-25-5-7-27(8-6-25)32-21-30(23-38-17-15-36(16-18-38)43-19-20-44-36)45-35(46-32)28-11-9-26(10-12-28)31-4-2-1-3-29(31)22-37-33(40)13-14-34(41)42/h1-12,30,32,35,39H,13-24H2,(H,37,40)(H,41,42). The van der Waals surface area contributed by atoms with Crippen molar-refractivity contribution in [1.82, 2.24) is 10.2 Å². The molecule has 3 fully saturated rings. The van der Waals surface area contributed by atoms with Crippen LogP contribution in [-0.2, 0) is 41.7 Å². The number of aliphatic hydroxyl groups excluding tert-OH is 1. The number of hydrogen-bond acceptors (Lipinski definition) is 8. The molecule has 3 aromatic rings. The van der Waals surface area contributed by atoms with E-state index in [1.807, 2.05) is 72.8 Å². The first-order valence-corrected chi connectivity index (χ1v) is 16.1. The van der Waals surface area contributed by atoms with E-state index in [0.717, 1.165) is 65.9 Å². The van der Waals surface area contributed by atoms with Gasteiger partial charge in [-0.1, -0.05) is 72.8 Å². The highest BCUT2D eigenvalue weighted by atomic mass is 16.7. The number of carboxylic acid groups (broad SMARTS) is 1. The zero-order valence-corrected chi connectivity index (χ0v) is 25.9. The Morgan fingerprint density at radius 2 is 1.57 bits per heavy atom. The van der Waals surface area contributed by atoms with E-state index in [1.54, 1.807) is 0 Å². The van der Waals surface area contributed by atoms with E-state index >= 15 is 0 Å². The van der Waals surface area contributed by atoms with Crippen LogP contribution < -0.4 is 5.32 Å². The lowest BCUT2D eigenvalue weighted by Crippen LogP contribution is -2.48. The molecule has 0 aromatic heterocycles. The zero-order chi connectivity index (χ0) is 31.9. The number of carbonyl (C=O) groups is 2. The molecule has 3 atom stereocenters. The maximum absolute atomic E-state index is 12.1. The van der Waals surface area contributed by atoms with Crippen LogP contribution in [0.2, 0.25) is 0 Å². The number of aliphatic carboxylic acids is 1. The molecule has 0 bridgehead atoms. The van der Waals surface area contributed by atoms with E-state index in [2.05, 4.69) is 10.2 Å². The predicted molar refractivity (Wildman–Crippen MR) is 169 cm³/mol. The highest BCUT2D eigenvalue weighted by Crippen LogP contribution is 2.39. The molecule has 3 aromatic carbocycles. The van der Waals surface area contributed by atoms with Gasteiger partial charge in [0.15, 0.2) is 12.1 Å². The van der Waals surface area contributed by atoms with Gasteiger partial charge in [0.25, 0.3) is 0 Å². The Bertz CT molecular complexity index is 1460. The average Bonchev–Trinajstić information content (AvgIpc) is 3.55. The Morgan fingerprint density at radius 1 is 0.870 bits per heavy atom. The normalized spacial score (nSPS) is 22.9. The molecule has 1 spiro atoms. The predicted octanol–water partition coefficient (Wildman–Crippen LogP) is 4.71. The van der Waals surface area contributed by atoms with Crippen molar-refractivity contribution < 1.29 is 38.7 Å². The number of nitrogens with zero attached hydrogens (tertiary/aromatic N) is 1. The average molecular weight is 631 g/mol. The fraction of sp³-hybridized carbons (Fsp3) is 0.444. The van der Waals surface area contributed by atoms with Crippen molar-refractivity contribution in [2.75, 3.05) is 32.8 Å². The number of carbonyl (C=O) groups excluding carboxylic acids is 1. The molecule has 3 heterocycles. The fourth-order valence-corrected chi connectivity index (χ4v) is 6.46. The molecule has 0 radical (unpaired) electrons. The second-order valence-electron chi connectivity index (χ2n) is 12.2. The van der Waals surface area contributed by atoms with E-state index in [0.29, 0.717) is 26.2 Å². The molecule has 3 unspecified atom stereocenters. The van der Waals surface area contributed by atoms with E-state index in [-0.39, 0.29) is 37.6 Å². The van der Waals surface area contributed by atoms with Crippen LogP contribution in [-0.4, -0.2) is 71.7 Å². The number of benzene rings is 3. The number of carboxylic acids is 1. The summed E-state index contributed by atoms with van der Waals surface area (Å²) in [6, 6.07) is 23.9. The van der Waals surface area contributed by atoms with Crippen LogP contribution in [0.3, 0.4) is 0 Å². The first kappa shape index (κ1) is 32.3. The first-order chi connectivity index (χ1) is 22.4. The molecule has 3 aliphatic heterocycles. The second kappa shape index (κ2) is 14.8. The quantitative estimate of drug-likeness (QED) is 0.276. The van der Waals surface area contributed by atoms with Crippen LogP contribution in [0.1, 0.15) is 66.8 Å². The van der Waals surface area contributed by atoms with Crippen molar-refractivity contribution >= 4 is 11.9 Å². The minimum Gasteiger partial charge on any atom is -0.481 e. The molecule has 6 rings (SSSR count). The molecule has 0 aliphatic carbocycles. The van der Waals surface area contributed by atoms with Crippen LogP contribution in [0.4, 0.5) is 0 Å². The topological polar surface area (TPSA) is 127 Å². The van der Waals surface area contributed by atoms with Crippen molar-refractivity contribution in [3.05, 3.63) is 95.1 Å². The molecular formula is C36H42N2O8. The fourth-order valence-electron chi connectivity index (χ4n) is 6.46. The maximum atomic E-state index is 12.1. The third kappa shape index (κ3) is 8.01. The van der Waals surface area contributed by atoms with E-state index in [1.165, 1.54) is 0 Å². The summed E-state index contributed by atoms with van der Waals surface area (Å²) in [5, 5.41) is 21.2. The summed E-state index contributed by atoms with van der Waals surface area (Å²) in [7, 11) is 0. The number of nitrogens with one attached hydrogen (secondary N) is 1. The molecule has 10 nitrogen and oxygen atoms in total. The Labute approximate surface area is 269 Å². The molecule has 244 valence electrons.